The summed E-state index contributed by atoms with van der Waals surface area (Å²) in [5.74, 6) is -0.0355. The van der Waals surface area contributed by atoms with E-state index in [0.717, 1.165) is 35.9 Å². The smallest absolute Gasteiger partial charge is 0.262 e. The summed E-state index contributed by atoms with van der Waals surface area (Å²) in [6.07, 6.45) is 7.01. The Balaban J connectivity index is 1.39. The largest absolute Gasteiger partial charge is 0.353 e. The minimum atomic E-state index is -0.0355. The molecule has 4 rings (SSSR count). The van der Waals surface area contributed by atoms with Crippen molar-refractivity contribution in [3.05, 3.63) is 62.0 Å². The van der Waals surface area contributed by atoms with Gasteiger partial charge in [-0.15, -0.1) is 11.3 Å². The Bertz CT molecular complexity index is 1150. The first-order valence-corrected chi connectivity index (χ1v) is 11.6. The van der Waals surface area contributed by atoms with Crippen LogP contribution in [-0.2, 0) is 30.6 Å². The van der Waals surface area contributed by atoms with Crippen molar-refractivity contribution in [3.8, 4) is 0 Å². The third kappa shape index (κ3) is 4.33. The minimum absolute atomic E-state index is 0.00414. The molecule has 30 heavy (non-hydrogen) atoms. The first-order chi connectivity index (χ1) is 14.4. The van der Waals surface area contributed by atoms with Crippen LogP contribution in [0.15, 0.2) is 29.3 Å². The number of fused-ring (bicyclic) bond motifs is 3. The second-order valence-corrected chi connectivity index (χ2v) is 9.57. The number of benzene rings is 1. The number of nitrogens with zero attached hydrogens (tertiary/aromatic N) is 2. The highest BCUT2D eigenvalue weighted by molar-refractivity contribution is 7.18. The van der Waals surface area contributed by atoms with E-state index >= 15 is 0 Å². The normalized spacial score (nSPS) is 14.5. The molecule has 1 aromatic carbocycles. The molecule has 1 amide bonds. The molecule has 3 aromatic rings. The van der Waals surface area contributed by atoms with Crippen LogP contribution in [0.1, 0.15) is 53.3 Å². The Kier molecular flexibility index (Phi) is 6.04. The summed E-state index contributed by atoms with van der Waals surface area (Å²) in [5, 5.41) is 3.85. The topological polar surface area (TPSA) is 64.0 Å². The van der Waals surface area contributed by atoms with E-state index in [-0.39, 0.29) is 23.9 Å². The first kappa shape index (κ1) is 20.8. The Labute approximate surface area is 181 Å². The van der Waals surface area contributed by atoms with Crippen molar-refractivity contribution in [1.29, 1.82) is 0 Å². The number of carbonyl (C=O) groups is 1. The molecule has 1 atom stereocenters. The van der Waals surface area contributed by atoms with E-state index in [4.69, 9.17) is 0 Å². The third-order valence-electron chi connectivity index (χ3n) is 5.95. The number of amides is 1. The highest BCUT2D eigenvalue weighted by Crippen LogP contribution is 2.33. The lowest BCUT2D eigenvalue weighted by molar-refractivity contribution is -0.121. The Morgan fingerprint density at radius 1 is 1.27 bits per heavy atom. The fourth-order valence-electron chi connectivity index (χ4n) is 4.37. The van der Waals surface area contributed by atoms with Crippen molar-refractivity contribution in [2.24, 2.45) is 0 Å². The minimum Gasteiger partial charge on any atom is -0.353 e. The van der Waals surface area contributed by atoms with Gasteiger partial charge in [0.15, 0.2) is 0 Å². The molecule has 0 spiro atoms. The number of rotatable bonds is 6. The van der Waals surface area contributed by atoms with Crippen molar-refractivity contribution < 1.29 is 4.79 Å². The molecule has 2 aromatic heterocycles. The summed E-state index contributed by atoms with van der Waals surface area (Å²) in [7, 11) is 0. The Morgan fingerprint density at radius 2 is 2.07 bits per heavy atom. The fourth-order valence-corrected chi connectivity index (χ4v) is 5.58. The molecule has 6 heteroatoms. The van der Waals surface area contributed by atoms with Gasteiger partial charge in [-0.05, 0) is 69.6 Å². The lowest BCUT2D eigenvalue weighted by Gasteiger charge is -2.16. The number of aromatic nitrogens is 2. The molecule has 2 heterocycles. The molecular weight excluding hydrogens is 394 g/mol. The number of nitrogens with one attached hydrogen (secondary N) is 1. The molecule has 158 valence electrons. The van der Waals surface area contributed by atoms with Gasteiger partial charge in [-0.1, -0.05) is 23.8 Å². The second-order valence-electron chi connectivity index (χ2n) is 8.49. The van der Waals surface area contributed by atoms with Gasteiger partial charge in [-0.2, -0.15) is 0 Å². The predicted octanol–water partition coefficient (Wildman–Crippen LogP) is 4.09. The van der Waals surface area contributed by atoms with E-state index in [0.29, 0.717) is 6.54 Å². The summed E-state index contributed by atoms with van der Waals surface area (Å²) >= 11 is 1.65. The van der Waals surface area contributed by atoms with Crippen LogP contribution in [0.5, 0.6) is 0 Å². The van der Waals surface area contributed by atoms with Crippen molar-refractivity contribution in [2.75, 3.05) is 0 Å². The highest BCUT2D eigenvalue weighted by Gasteiger charge is 2.20. The standard InChI is InChI=1S/C24H29N3O2S/c1-15-8-9-18(16(2)12-15)13-17(3)26-21(28)10-11-27-14-25-23-22(24(27)29)19-6-4-5-7-20(19)30-23/h8-9,12,14,17H,4-7,10-11,13H2,1-3H3,(H,26,28). The summed E-state index contributed by atoms with van der Waals surface area (Å²) in [4.78, 5) is 32.1. The zero-order chi connectivity index (χ0) is 21.3. The molecule has 1 aliphatic rings. The number of aryl methyl sites for hydroxylation is 5. The van der Waals surface area contributed by atoms with Gasteiger partial charge >= 0.3 is 0 Å². The van der Waals surface area contributed by atoms with E-state index in [1.165, 1.54) is 33.6 Å². The lowest BCUT2D eigenvalue weighted by atomic mass is 9.97. The second kappa shape index (κ2) is 8.72. The monoisotopic (exact) mass is 423 g/mol. The summed E-state index contributed by atoms with van der Waals surface area (Å²) < 4.78 is 1.60. The van der Waals surface area contributed by atoms with Crippen molar-refractivity contribution >= 4 is 27.5 Å². The van der Waals surface area contributed by atoms with Crippen LogP contribution in [0.3, 0.4) is 0 Å². The zero-order valence-corrected chi connectivity index (χ0v) is 18.8. The Morgan fingerprint density at radius 3 is 2.87 bits per heavy atom. The molecule has 1 unspecified atom stereocenters. The van der Waals surface area contributed by atoms with Gasteiger partial charge < -0.3 is 5.32 Å². The van der Waals surface area contributed by atoms with Gasteiger partial charge in [0.2, 0.25) is 5.91 Å². The SMILES string of the molecule is Cc1ccc(CC(C)NC(=O)CCn2cnc3sc4c(c3c2=O)CCCC4)c(C)c1. The number of thiophene rings is 1. The van der Waals surface area contributed by atoms with Gasteiger partial charge in [0, 0.05) is 23.9 Å². The number of hydrogen-bond acceptors (Lipinski definition) is 4. The van der Waals surface area contributed by atoms with Crippen LogP contribution in [0, 0.1) is 13.8 Å². The third-order valence-corrected chi connectivity index (χ3v) is 7.15. The van der Waals surface area contributed by atoms with Crippen molar-refractivity contribution in [1.82, 2.24) is 14.9 Å². The first-order valence-electron chi connectivity index (χ1n) is 10.8. The maximum Gasteiger partial charge on any atom is 0.262 e. The molecular formula is C24H29N3O2S. The van der Waals surface area contributed by atoms with E-state index < -0.39 is 0 Å². The van der Waals surface area contributed by atoms with Crippen molar-refractivity contribution in [3.63, 3.8) is 0 Å². The van der Waals surface area contributed by atoms with Gasteiger partial charge in [0.05, 0.1) is 11.7 Å². The van der Waals surface area contributed by atoms with E-state index in [2.05, 4.69) is 42.3 Å². The quantitative estimate of drug-likeness (QED) is 0.649. The molecule has 5 nitrogen and oxygen atoms in total. The van der Waals surface area contributed by atoms with Crippen LogP contribution >= 0.6 is 11.3 Å². The van der Waals surface area contributed by atoms with E-state index in [9.17, 15) is 9.59 Å². The molecule has 0 bridgehead atoms. The highest BCUT2D eigenvalue weighted by atomic mass is 32.1. The van der Waals surface area contributed by atoms with Gasteiger partial charge in [-0.3, -0.25) is 14.2 Å². The number of carbonyl (C=O) groups excluding carboxylic acids is 1. The summed E-state index contributed by atoms with van der Waals surface area (Å²) in [5.41, 5.74) is 4.94. The Hall–Kier alpha value is -2.47. The van der Waals surface area contributed by atoms with E-state index in [1.54, 1.807) is 22.2 Å². The van der Waals surface area contributed by atoms with Crippen LogP contribution in [0.25, 0.3) is 10.2 Å². The molecule has 0 radical (unpaired) electrons. The molecule has 0 aliphatic heterocycles. The van der Waals surface area contributed by atoms with E-state index in [1.807, 2.05) is 6.92 Å². The van der Waals surface area contributed by atoms with Crippen LogP contribution < -0.4 is 10.9 Å². The summed E-state index contributed by atoms with van der Waals surface area (Å²) in [6.45, 7) is 6.57. The van der Waals surface area contributed by atoms with Crippen LogP contribution in [0.2, 0.25) is 0 Å². The predicted molar refractivity (Wildman–Crippen MR) is 122 cm³/mol. The van der Waals surface area contributed by atoms with Crippen LogP contribution in [-0.4, -0.2) is 21.5 Å². The van der Waals surface area contributed by atoms with Gasteiger partial charge in [0.25, 0.3) is 5.56 Å². The molecule has 0 fully saturated rings. The molecule has 1 aliphatic carbocycles. The number of hydrogen-bond donors (Lipinski definition) is 1. The fraction of sp³-hybridized carbons (Fsp3) is 0.458. The average molecular weight is 424 g/mol. The lowest BCUT2D eigenvalue weighted by Crippen LogP contribution is -2.35. The molecule has 0 saturated heterocycles. The van der Waals surface area contributed by atoms with Gasteiger partial charge in [-0.25, -0.2) is 4.98 Å². The average Bonchev–Trinajstić information content (AvgIpc) is 3.09. The maximum absolute atomic E-state index is 13.0. The van der Waals surface area contributed by atoms with Gasteiger partial charge in [0.1, 0.15) is 4.83 Å². The van der Waals surface area contributed by atoms with Crippen molar-refractivity contribution in [2.45, 2.75) is 71.9 Å². The zero-order valence-electron chi connectivity index (χ0n) is 18.0. The molecule has 1 N–H and O–H groups in total. The summed E-state index contributed by atoms with van der Waals surface area (Å²) in [6, 6.07) is 6.45. The molecule has 0 saturated carbocycles. The van der Waals surface area contributed by atoms with Crippen LogP contribution in [0.4, 0.5) is 0 Å². The maximum atomic E-state index is 13.0.